The molecular weight excluding hydrogens is 238 g/mol. The van der Waals surface area contributed by atoms with Gasteiger partial charge < -0.3 is 15.2 Å². The number of aryl methyl sites for hydroxylation is 1. The lowest BCUT2D eigenvalue weighted by Crippen LogP contribution is -2.26. The second-order valence-electron chi connectivity index (χ2n) is 3.74. The third-order valence-corrected chi connectivity index (χ3v) is 2.30. The average Bonchev–Trinajstić information content (AvgIpc) is 2.81. The smallest absolute Gasteiger partial charge is 0.338 e. The summed E-state index contributed by atoms with van der Waals surface area (Å²) in [5, 5.41) is 15.3. The summed E-state index contributed by atoms with van der Waals surface area (Å²) in [6.07, 6.45) is 3.71. The standard InChI is InChI=1S/C11H17N3O4/c1-18-6-2-4-12-10(15)3-5-14-8-9(7-13-14)11(16)17/h7-8H,2-6H2,1H3,(H,12,15)(H,16,17). The molecule has 7 heteroatoms. The van der Waals surface area contributed by atoms with Gasteiger partial charge in [-0.3, -0.25) is 9.48 Å². The van der Waals surface area contributed by atoms with Crippen LogP contribution in [0.2, 0.25) is 0 Å². The van der Waals surface area contributed by atoms with Gasteiger partial charge in [-0.2, -0.15) is 5.10 Å². The van der Waals surface area contributed by atoms with Gasteiger partial charge in [-0.05, 0) is 6.42 Å². The van der Waals surface area contributed by atoms with Crippen molar-refractivity contribution in [3.63, 3.8) is 0 Å². The Balaban J connectivity index is 2.23. The quantitative estimate of drug-likeness (QED) is 0.644. The molecule has 0 bridgehead atoms. The van der Waals surface area contributed by atoms with E-state index in [0.29, 0.717) is 19.7 Å². The predicted molar refractivity (Wildman–Crippen MR) is 63.3 cm³/mol. The fourth-order valence-electron chi connectivity index (χ4n) is 1.35. The first-order valence-corrected chi connectivity index (χ1v) is 5.65. The fraction of sp³-hybridized carbons (Fsp3) is 0.545. The normalized spacial score (nSPS) is 10.3. The number of carbonyl (C=O) groups excluding carboxylic acids is 1. The van der Waals surface area contributed by atoms with Gasteiger partial charge in [0.05, 0.1) is 11.8 Å². The molecule has 0 unspecified atom stereocenters. The molecule has 0 aliphatic rings. The highest BCUT2D eigenvalue weighted by Crippen LogP contribution is 1.98. The van der Waals surface area contributed by atoms with E-state index < -0.39 is 5.97 Å². The van der Waals surface area contributed by atoms with Crippen LogP contribution in [0.4, 0.5) is 0 Å². The Labute approximate surface area is 105 Å². The van der Waals surface area contributed by atoms with Crippen molar-refractivity contribution in [2.45, 2.75) is 19.4 Å². The van der Waals surface area contributed by atoms with E-state index in [4.69, 9.17) is 9.84 Å². The molecule has 100 valence electrons. The first-order valence-electron chi connectivity index (χ1n) is 5.65. The Hall–Kier alpha value is -1.89. The Morgan fingerprint density at radius 1 is 1.56 bits per heavy atom. The van der Waals surface area contributed by atoms with Crippen LogP contribution < -0.4 is 5.32 Å². The number of amides is 1. The number of methoxy groups -OCH3 is 1. The Kier molecular flexibility index (Phi) is 5.86. The number of carbonyl (C=O) groups is 2. The second-order valence-corrected chi connectivity index (χ2v) is 3.74. The molecule has 2 N–H and O–H groups in total. The van der Waals surface area contributed by atoms with Crippen LogP contribution >= 0.6 is 0 Å². The van der Waals surface area contributed by atoms with E-state index in [1.54, 1.807) is 7.11 Å². The topological polar surface area (TPSA) is 93.5 Å². The minimum atomic E-state index is -1.02. The maximum Gasteiger partial charge on any atom is 0.338 e. The van der Waals surface area contributed by atoms with E-state index in [2.05, 4.69) is 10.4 Å². The Morgan fingerprint density at radius 3 is 2.94 bits per heavy atom. The van der Waals surface area contributed by atoms with E-state index in [9.17, 15) is 9.59 Å². The highest BCUT2D eigenvalue weighted by Gasteiger charge is 2.07. The maximum absolute atomic E-state index is 11.4. The molecule has 1 amide bonds. The highest BCUT2D eigenvalue weighted by molar-refractivity contribution is 5.86. The lowest BCUT2D eigenvalue weighted by molar-refractivity contribution is -0.121. The van der Waals surface area contributed by atoms with Crippen molar-refractivity contribution in [3.8, 4) is 0 Å². The maximum atomic E-state index is 11.4. The Morgan fingerprint density at radius 2 is 2.33 bits per heavy atom. The monoisotopic (exact) mass is 255 g/mol. The van der Waals surface area contributed by atoms with Crippen LogP contribution in [-0.2, 0) is 16.1 Å². The molecule has 0 saturated heterocycles. The molecule has 0 spiro atoms. The van der Waals surface area contributed by atoms with Gasteiger partial charge in [-0.15, -0.1) is 0 Å². The molecule has 0 atom stereocenters. The number of aromatic nitrogens is 2. The van der Waals surface area contributed by atoms with E-state index in [0.717, 1.165) is 6.42 Å². The van der Waals surface area contributed by atoms with Crippen molar-refractivity contribution in [1.29, 1.82) is 0 Å². The largest absolute Gasteiger partial charge is 0.478 e. The number of nitrogens with zero attached hydrogens (tertiary/aromatic N) is 2. The van der Waals surface area contributed by atoms with Gasteiger partial charge in [-0.25, -0.2) is 4.79 Å². The summed E-state index contributed by atoms with van der Waals surface area (Å²) in [5.74, 6) is -1.11. The van der Waals surface area contributed by atoms with Gasteiger partial charge in [0.25, 0.3) is 0 Å². The molecule has 0 aliphatic carbocycles. The number of hydrogen-bond acceptors (Lipinski definition) is 4. The molecule has 1 rings (SSSR count). The molecule has 1 aromatic rings. The van der Waals surface area contributed by atoms with Crippen LogP contribution in [0.1, 0.15) is 23.2 Å². The van der Waals surface area contributed by atoms with Crippen molar-refractivity contribution in [2.75, 3.05) is 20.3 Å². The van der Waals surface area contributed by atoms with E-state index in [-0.39, 0.29) is 17.9 Å². The van der Waals surface area contributed by atoms with Crippen molar-refractivity contribution in [2.24, 2.45) is 0 Å². The Bertz CT molecular complexity index is 403. The number of aromatic carboxylic acids is 1. The van der Waals surface area contributed by atoms with Gasteiger partial charge in [0.2, 0.25) is 5.91 Å². The third kappa shape index (κ3) is 4.96. The molecular formula is C11H17N3O4. The number of carboxylic acid groups (broad SMARTS) is 1. The van der Waals surface area contributed by atoms with Crippen LogP contribution in [-0.4, -0.2) is 47.0 Å². The molecule has 18 heavy (non-hydrogen) atoms. The molecule has 0 aromatic carbocycles. The number of hydrogen-bond donors (Lipinski definition) is 2. The molecule has 0 aliphatic heterocycles. The van der Waals surface area contributed by atoms with Gasteiger partial charge in [0.15, 0.2) is 0 Å². The van der Waals surface area contributed by atoms with Crippen molar-refractivity contribution >= 4 is 11.9 Å². The lowest BCUT2D eigenvalue weighted by atomic mass is 10.3. The SMILES string of the molecule is COCCCNC(=O)CCn1cc(C(=O)O)cn1. The number of carboxylic acids is 1. The zero-order chi connectivity index (χ0) is 13.4. The van der Waals surface area contributed by atoms with Gasteiger partial charge >= 0.3 is 5.97 Å². The van der Waals surface area contributed by atoms with Crippen LogP contribution in [0, 0.1) is 0 Å². The summed E-state index contributed by atoms with van der Waals surface area (Å²) in [4.78, 5) is 22.0. The third-order valence-electron chi connectivity index (χ3n) is 2.30. The molecule has 1 heterocycles. The summed E-state index contributed by atoms with van der Waals surface area (Å²) in [6, 6.07) is 0. The van der Waals surface area contributed by atoms with Crippen LogP contribution in [0.15, 0.2) is 12.4 Å². The number of ether oxygens (including phenoxy) is 1. The molecule has 7 nitrogen and oxygen atoms in total. The first kappa shape index (κ1) is 14.2. The van der Waals surface area contributed by atoms with Crippen molar-refractivity contribution in [3.05, 3.63) is 18.0 Å². The lowest BCUT2D eigenvalue weighted by Gasteiger charge is -2.04. The van der Waals surface area contributed by atoms with E-state index in [1.807, 2.05) is 0 Å². The molecule has 0 radical (unpaired) electrons. The van der Waals surface area contributed by atoms with Crippen LogP contribution in [0.3, 0.4) is 0 Å². The van der Waals surface area contributed by atoms with Gasteiger partial charge in [0, 0.05) is 39.4 Å². The van der Waals surface area contributed by atoms with Crippen molar-refractivity contribution < 1.29 is 19.4 Å². The van der Waals surface area contributed by atoms with Gasteiger partial charge in [0.1, 0.15) is 0 Å². The summed E-state index contributed by atoms with van der Waals surface area (Å²) in [6.45, 7) is 1.55. The van der Waals surface area contributed by atoms with Crippen molar-refractivity contribution in [1.82, 2.24) is 15.1 Å². The summed E-state index contributed by atoms with van der Waals surface area (Å²) >= 11 is 0. The van der Waals surface area contributed by atoms with E-state index in [1.165, 1.54) is 17.1 Å². The summed E-state index contributed by atoms with van der Waals surface area (Å²) in [5.41, 5.74) is 0.121. The molecule has 1 aromatic heterocycles. The van der Waals surface area contributed by atoms with Crippen LogP contribution in [0.25, 0.3) is 0 Å². The van der Waals surface area contributed by atoms with Crippen LogP contribution in [0.5, 0.6) is 0 Å². The fourth-order valence-corrected chi connectivity index (χ4v) is 1.35. The highest BCUT2D eigenvalue weighted by atomic mass is 16.5. The zero-order valence-corrected chi connectivity index (χ0v) is 10.3. The number of rotatable bonds is 8. The number of nitrogens with one attached hydrogen (secondary N) is 1. The second kappa shape index (κ2) is 7.44. The minimum absolute atomic E-state index is 0.0847. The predicted octanol–water partition coefficient (Wildman–Crippen LogP) is 0.124. The zero-order valence-electron chi connectivity index (χ0n) is 10.3. The van der Waals surface area contributed by atoms with Gasteiger partial charge in [-0.1, -0.05) is 0 Å². The van der Waals surface area contributed by atoms with E-state index >= 15 is 0 Å². The first-order chi connectivity index (χ1) is 8.63. The summed E-state index contributed by atoms with van der Waals surface area (Å²) in [7, 11) is 1.61. The summed E-state index contributed by atoms with van der Waals surface area (Å²) < 4.78 is 6.30. The molecule has 0 fully saturated rings. The molecule has 0 saturated carbocycles. The average molecular weight is 255 g/mol. The minimum Gasteiger partial charge on any atom is -0.478 e.